The summed E-state index contributed by atoms with van der Waals surface area (Å²) in [5, 5.41) is 3.07. The van der Waals surface area contributed by atoms with Crippen molar-refractivity contribution in [1.82, 2.24) is 5.32 Å². The van der Waals surface area contributed by atoms with Crippen molar-refractivity contribution in [2.75, 3.05) is 13.2 Å². The highest BCUT2D eigenvalue weighted by atomic mass is 32.1. The summed E-state index contributed by atoms with van der Waals surface area (Å²) in [4.78, 5) is 14.9. The summed E-state index contributed by atoms with van der Waals surface area (Å²) in [6.07, 6.45) is 0. The highest BCUT2D eigenvalue weighted by Crippen LogP contribution is 2.30. The number of amides is 1. The number of rotatable bonds is 3. The van der Waals surface area contributed by atoms with Crippen LogP contribution in [0.3, 0.4) is 0 Å². The Kier molecular flexibility index (Phi) is 3.99. The Balaban J connectivity index is 2.09. The summed E-state index contributed by atoms with van der Waals surface area (Å²) in [5.41, 5.74) is 6.55. The third-order valence-corrected chi connectivity index (χ3v) is 4.91. The first-order chi connectivity index (χ1) is 8.84. The molecule has 1 aromatic heterocycles. The first kappa shape index (κ1) is 14.5. The lowest BCUT2D eigenvalue weighted by molar-refractivity contribution is -0.131. The van der Waals surface area contributed by atoms with Crippen molar-refractivity contribution in [3.8, 4) is 0 Å². The molecule has 19 heavy (non-hydrogen) atoms. The fourth-order valence-electron chi connectivity index (χ4n) is 2.44. The van der Waals surface area contributed by atoms with Crippen LogP contribution in [0.5, 0.6) is 0 Å². The van der Waals surface area contributed by atoms with Gasteiger partial charge in [0.2, 0.25) is 5.91 Å². The lowest BCUT2D eigenvalue weighted by Gasteiger charge is -2.27. The van der Waals surface area contributed by atoms with Gasteiger partial charge < -0.3 is 15.8 Å². The summed E-state index contributed by atoms with van der Waals surface area (Å²) in [5.74, 6) is -0.0201. The molecule has 0 aliphatic carbocycles. The second kappa shape index (κ2) is 5.23. The Morgan fingerprint density at radius 1 is 1.63 bits per heavy atom. The SMILES string of the molecule is Cc1cc(C(C)NC(=O)C2(C)COCC2N)c(C)s1. The molecule has 0 saturated carbocycles. The monoisotopic (exact) mass is 282 g/mol. The number of nitrogens with two attached hydrogens (primary N) is 1. The summed E-state index contributed by atoms with van der Waals surface area (Å²) in [6, 6.07) is 1.91. The maximum Gasteiger partial charge on any atom is 0.230 e. The van der Waals surface area contributed by atoms with E-state index in [0.717, 1.165) is 0 Å². The highest BCUT2D eigenvalue weighted by Gasteiger charge is 2.44. The third kappa shape index (κ3) is 2.68. The van der Waals surface area contributed by atoms with E-state index in [1.807, 2.05) is 13.8 Å². The van der Waals surface area contributed by atoms with E-state index in [1.54, 1.807) is 11.3 Å². The standard InChI is InChI=1S/C14H22N2O2S/c1-8-5-11(10(3)19-8)9(2)16-13(17)14(4)7-18-6-12(14)15/h5,9,12H,6-7,15H2,1-4H3,(H,16,17). The highest BCUT2D eigenvalue weighted by molar-refractivity contribution is 7.12. The average molecular weight is 282 g/mol. The van der Waals surface area contributed by atoms with Crippen molar-refractivity contribution in [3.05, 3.63) is 21.4 Å². The third-order valence-electron chi connectivity index (χ3n) is 3.93. The van der Waals surface area contributed by atoms with Gasteiger partial charge in [0.15, 0.2) is 0 Å². The molecule has 2 rings (SSSR count). The Morgan fingerprint density at radius 3 is 2.79 bits per heavy atom. The molecule has 3 unspecified atom stereocenters. The molecule has 0 radical (unpaired) electrons. The number of ether oxygens (including phenoxy) is 1. The summed E-state index contributed by atoms with van der Waals surface area (Å²) >= 11 is 1.76. The number of carbonyl (C=O) groups excluding carboxylic acids is 1. The van der Waals surface area contributed by atoms with Gasteiger partial charge in [0.05, 0.1) is 24.7 Å². The van der Waals surface area contributed by atoms with E-state index in [2.05, 4.69) is 25.2 Å². The molecule has 0 bridgehead atoms. The number of carbonyl (C=O) groups is 1. The molecule has 2 heterocycles. The van der Waals surface area contributed by atoms with Gasteiger partial charge in [-0.15, -0.1) is 11.3 Å². The van der Waals surface area contributed by atoms with Crippen LogP contribution in [-0.2, 0) is 9.53 Å². The van der Waals surface area contributed by atoms with E-state index in [4.69, 9.17) is 10.5 Å². The molecule has 1 aliphatic heterocycles. The molecule has 1 fully saturated rings. The summed E-state index contributed by atoms with van der Waals surface area (Å²) in [6.45, 7) is 8.90. The maximum absolute atomic E-state index is 12.4. The smallest absolute Gasteiger partial charge is 0.230 e. The minimum Gasteiger partial charge on any atom is -0.379 e. The van der Waals surface area contributed by atoms with Crippen LogP contribution < -0.4 is 11.1 Å². The number of thiophene rings is 1. The van der Waals surface area contributed by atoms with E-state index >= 15 is 0 Å². The number of nitrogens with one attached hydrogen (secondary N) is 1. The molecule has 5 heteroatoms. The zero-order chi connectivity index (χ0) is 14.2. The van der Waals surface area contributed by atoms with Gasteiger partial charge in [0.25, 0.3) is 0 Å². The molecule has 3 N–H and O–H groups in total. The maximum atomic E-state index is 12.4. The molecule has 1 amide bonds. The second-order valence-electron chi connectivity index (χ2n) is 5.60. The normalized spacial score (nSPS) is 28.4. The van der Waals surface area contributed by atoms with Crippen LogP contribution in [-0.4, -0.2) is 25.2 Å². The van der Waals surface area contributed by atoms with E-state index in [-0.39, 0.29) is 18.0 Å². The molecule has 3 atom stereocenters. The predicted octanol–water partition coefficient (Wildman–Crippen LogP) is 1.91. The van der Waals surface area contributed by atoms with Crippen molar-refractivity contribution in [2.24, 2.45) is 11.1 Å². The lowest BCUT2D eigenvalue weighted by Crippen LogP contribution is -2.50. The van der Waals surface area contributed by atoms with E-state index in [9.17, 15) is 4.79 Å². The van der Waals surface area contributed by atoms with Gasteiger partial charge in [-0.3, -0.25) is 4.79 Å². The van der Waals surface area contributed by atoms with Gasteiger partial charge in [-0.25, -0.2) is 0 Å². The Bertz CT molecular complexity index is 486. The van der Waals surface area contributed by atoms with Crippen LogP contribution in [0.25, 0.3) is 0 Å². The van der Waals surface area contributed by atoms with Crippen LogP contribution in [0.2, 0.25) is 0 Å². The van der Waals surface area contributed by atoms with Crippen LogP contribution in [0, 0.1) is 19.3 Å². The molecule has 106 valence electrons. The minimum absolute atomic E-state index is 0.00192. The van der Waals surface area contributed by atoms with Gasteiger partial charge >= 0.3 is 0 Å². The van der Waals surface area contributed by atoms with Crippen LogP contribution in [0.1, 0.15) is 35.2 Å². The molecule has 1 saturated heterocycles. The van der Waals surface area contributed by atoms with Crippen LogP contribution >= 0.6 is 11.3 Å². The zero-order valence-corrected chi connectivity index (χ0v) is 12.8. The fraction of sp³-hybridized carbons (Fsp3) is 0.643. The second-order valence-corrected chi connectivity index (χ2v) is 7.06. The Labute approximate surface area is 118 Å². The largest absolute Gasteiger partial charge is 0.379 e. The number of aryl methyl sites for hydroxylation is 2. The zero-order valence-electron chi connectivity index (χ0n) is 11.9. The van der Waals surface area contributed by atoms with Crippen LogP contribution in [0.4, 0.5) is 0 Å². The summed E-state index contributed by atoms with van der Waals surface area (Å²) in [7, 11) is 0. The molecular formula is C14H22N2O2S. The summed E-state index contributed by atoms with van der Waals surface area (Å²) < 4.78 is 5.32. The molecule has 0 spiro atoms. The van der Waals surface area contributed by atoms with Gasteiger partial charge in [-0.2, -0.15) is 0 Å². The van der Waals surface area contributed by atoms with Crippen molar-refractivity contribution < 1.29 is 9.53 Å². The Hall–Kier alpha value is -0.910. The van der Waals surface area contributed by atoms with Crippen molar-refractivity contribution in [1.29, 1.82) is 0 Å². The van der Waals surface area contributed by atoms with Crippen molar-refractivity contribution in [3.63, 3.8) is 0 Å². The average Bonchev–Trinajstić information content (AvgIpc) is 2.83. The molecule has 1 aliphatic rings. The van der Waals surface area contributed by atoms with E-state index < -0.39 is 5.41 Å². The van der Waals surface area contributed by atoms with Crippen molar-refractivity contribution >= 4 is 17.2 Å². The van der Waals surface area contributed by atoms with Gasteiger partial charge in [0, 0.05) is 15.8 Å². The van der Waals surface area contributed by atoms with Crippen molar-refractivity contribution in [2.45, 2.75) is 39.8 Å². The predicted molar refractivity (Wildman–Crippen MR) is 77.3 cm³/mol. The number of hydrogen-bond donors (Lipinski definition) is 2. The first-order valence-electron chi connectivity index (χ1n) is 6.56. The minimum atomic E-state index is -0.618. The topological polar surface area (TPSA) is 64.3 Å². The van der Waals surface area contributed by atoms with Crippen LogP contribution in [0.15, 0.2) is 6.07 Å². The van der Waals surface area contributed by atoms with Gasteiger partial charge in [-0.1, -0.05) is 0 Å². The lowest BCUT2D eigenvalue weighted by atomic mass is 9.84. The molecule has 1 aromatic rings. The van der Waals surface area contributed by atoms with Gasteiger partial charge in [0.1, 0.15) is 0 Å². The fourth-order valence-corrected chi connectivity index (χ4v) is 3.46. The van der Waals surface area contributed by atoms with Gasteiger partial charge in [-0.05, 0) is 39.3 Å². The number of hydrogen-bond acceptors (Lipinski definition) is 4. The molecule has 4 nitrogen and oxygen atoms in total. The van der Waals surface area contributed by atoms with E-state index in [1.165, 1.54) is 15.3 Å². The molecule has 0 aromatic carbocycles. The first-order valence-corrected chi connectivity index (χ1v) is 7.37. The van der Waals surface area contributed by atoms with E-state index in [0.29, 0.717) is 13.2 Å². The Morgan fingerprint density at radius 2 is 2.32 bits per heavy atom. The quantitative estimate of drug-likeness (QED) is 0.890. The molecular weight excluding hydrogens is 260 g/mol.